The number of hydrogen-bond donors (Lipinski definition) is 0. The number of rotatable bonds is 3. The second-order valence-corrected chi connectivity index (χ2v) is 12.2. The highest BCUT2D eigenvalue weighted by molar-refractivity contribution is 6.32. The van der Waals surface area contributed by atoms with Gasteiger partial charge in [-0.25, -0.2) is 0 Å². The molecule has 7 heteroatoms. The molecule has 0 radical (unpaired) electrons. The van der Waals surface area contributed by atoms with Gasteiger partial charge in [-0.15, -0.1) is 0 Å². The maximum absolute atomic E-state index is 14.9. The molecule has 6 nitrogen and oxygen atoms in total. The van der Waals surface area contributed by atoms with Crippen LogP contribution in [0, 0.1) is 24.7 Å². The summed E-state index contributed by atoms with van der Waals surface area (Å²) in [7, 11) is 0. The number of nitrogens with zero attached hydrogens (tertiary/aromatic N) is 3. The molecule has 3 aliphatic heterocycles. The topological polar surface area (TPSA) is 60.9 Å². The first kappa shape index (κ1) is 24.7. The number of halogens is 1. The fourth-order valence-electron chi connectivity index (χ4n) is 6.48. The van der Waals surface area contributed by atoms with E-state index in [0.29, 0.717) is 22.0 Å². The minimum atomic E-state index is -1.30. The Kier molecular flexibility index (Phi) is 5.00. The van der Waals surface area contributed by atoms with Gasteiger partial charge in [0.05, 0.1) is 16.5 Å². The zero-order valence-corrected chi connectivity index (χ0v) is 23.1. The first-order valence-electron chi connectivity index (χ1n) is 12.8. The molecule has 0 aliphatic carbocycles. The first-order chi connectivity index (χ1) is 17.8. The lowest BCUT2D eigenvalue weighted by molar-refractivity contribution is -0.154. The van der Waals surface area contributed by atoms with Crippen molar-refractivity contribution in [2.24, 2.45) is 10.8 Å². The van der Waals surface area contributed by atoms with E-state index < -0.39 is 22.5 Å². The third kappa shape index (κ3) is 2.81. The number of carbonyl (C=O) groups excluding carboxylic acids is 3. The van der Waals surface area contributed by atoms with Crippen LogP contribution < -0.4 is 14.7 Å². The normalized spacial score (nSPS) is 25.0. The molecule has 3 aromatic carbocycles. The maximum atomic E-state index is 14.9. The third-order valence-corrected chi connectivity index (χ3v) is 8.86. The van der Waals surface area contributed by atoms with Crippen LogP contribution in [0.2, 0.25) is 5.02 Å². The lowest BCUT2D eigenvalue weighted by Gasteiger charge is -2.61. The van der Waals surface area contributed by atoms with Gasteiger partial charge in [0.2, 0.25) is 11.8 Å². The Bertz CT molecular complexity index is 1530. The molecular weight excluding hydrogens is 498 g/mol. The van der Waals surface area contributed by atoms with E-state index in [2.05, 4.69) is 0 Å². The van der Waals surface area contributed by atoms with Crippen molar-refractivity contribution in [2.75, 3.05) is 14.7 Å². The lowest BCUT2D eigenvalue weighted by Crippen LogP contribution is -2.80. The van der Waals surface area contributed by atoms with Gasteiger partial charge in [-0.05, 0) is 84.0 Å². The largest absolute Gasteiger partial charge is 0.291 e. The molecule has 2 saturated heterocycles. The Hall–Kier alpha value is -3.64. The number of carbonyl (C=O) groups is 3. The second-order valence-electron chi connectivity index (χ2n) is 11.8. The van der Waals surface area contributed by atoms with Crippen molar-refractivity contribution in [3.63, 3.8) is 0 Å². The van der Waals surface area contributed by atoms with E-state index in [9.17, 15) is 14.4 Å². The average molecular weight is 528 g/mol. The maximum Gasteiger partial charge on any atom is 0.260 e. The van der Waals surface area contributed by atoms with E-state index in [1.54, 1.807) is 26.8 Å². The highest BCUT2D eigenvalue weighted by Gasteiger charge is 2.77. The second kappa shape index (κ2) is 7.70. The van der Waals surface area contributed by atoms with E-state index in [0.717, 1.165) is 16.8 Å². The molecule has 0 bridgehead atoms. The van der Waals surface area contributed by atoms with Crippen molar-refractivity contribution in [3.05, 3.63) is 88.4 Å². The van der Waals surface area contributed by atoms with Gasteiger partial charge in [0.1, 0.15) is 6.17 Å². The van der Waals surface area contributed by atoms with E-state index in [1.807, 2.05) is 96.1 Å². The fraction of sp³-hybridized carbons (Fsp3) is 0.323. The minimum absolute atomic E-state index is 0.0602. The molecule has 0 N–H and O–H groups in total. The van der Waals surface area contributed by atoms with Crippen LogP contribution in [0.1, 0.15) is 44.4 Å². The number of benzene rings is 3. The van der Waals surface area contributed by atoms with Gasteiger partial charge in [-0.3, -0.25) is 29.1 Å². The van der Waals surface area contributed by atoms with Crippen LogP contribution in [-0.2, 0) is 19.9 Å². The standard InChI is InChI=1S/C31H30ClN3O3/c1-18-7-12-21(13-8-18)33-25(29(3,4)26(33)36)34-24-16-11-20(32)17-23(24)31(28(34)38)30(5,6)27(37)35(31)22-14-9-19(2)10-15-22/h7-17,25H,1-6H3/t25-,31-/m1/s1. The summed E-state index contributed by atoms with van der Waals surface area (Å²) in [5, 5.41) is 0.483. The van der Waals surface area contributed by atoms with Crippen molar-refractivity contribution in [2.45, 2.75) is 53.2 Å². The number of anilines is 3. The van der Waals surface area contributed by atoms with Gasteiger partial charge in [0, 0.05) is 22.0 Å². The number of fused-ring (bicyclic) bond motifs is 2. The molecular formula is C31H30ClN3O3. The molecule has 3 aliphatic rings. The molecule has 38 heavy (non-hydrogen) atoms. The summed E-state index contributed by atoms with van der Waals surface area (Å²) in [6.07, 6.45) is -0.573. The zero-order valence-electron chi connectivity index (χ0n) is 22.4. The Morgan fingerprint density at radius 1 is 0.684 bits per heavy atom. The monoisotopic (exact) mass is 527 g/mol. The van der Waals surface area contributed by atoms with Gasteiger partial charge in [0.25, 0.3) is 5.91 Å². The molecule has 2 atom stereocenters. The Morgan fingerprint density at radius 2 is 1.24 bits per heavy atom. The molecule has 194 valence electrons. The molecule has 6 rings (SSSR count). The molecule has 3 aromatic rings. The molecule has 0 aromatic heterocycles. The van der Waals surface area contributed by atoms with Crippen LogP contribution in [0.25, 0.3) is 0 Å². The van der Waals surface area contributed by atoms with E-state index in [4.69, 9.17) is 11.6 Å². The van der Waals surface area contributed by atoms with Crippen molar-refractivity contribution in [3.8, 4) is 0 Å². The number of amides is 3. The van der Waals surface area contributed by atoms with Crippen molar-refractivity contribution in [1.29, 1.82) is 0 Å². The van der Waals surface area contributed by atoms with Crippen LogP contribution in [0.5, 0.6) is 0 Å². The van der Waals surface area contributed by atoms with Crippen LogP contribution in [0.3, 0.4) is 0 Å². The molecule has 0 unspecified atom stereocenters. The predicted molar refractivity (Wildman–Crippen MR) is 149 cm³/mol. The highest BCUT2D eigenvalue weighted by Crippen LogP contribution is 2.64. The van der Waals surface area contributed by atoms with Gasteiger partial charge in [-0.2, -0.15) is 0 Å². The number of hydrogen-bond acceptors (Lipinski definition) is 3. The summed E-state index contributed by atoms with van der Waals surface area (Å²) >= 11 is 6.52. The molecule has 1 spiro atoms. The summed E-state index contributed by atoms with van der Waals surface area (Å²) < 4.78 is 0. The molecule has 3 heterocycles. The van der Waals surface area contributed by atoms with Crippen molar-refractivity contribution in [1.82, 2.24) is 0 Å². The lowest BCUT2D eigenvalue weighted by atomic mass is 9.59. The SMILES string of the molecule is Cc1ccc(N2C(=O)C(C)(C)[C@H]2N2C(=O)[C@@]3(c4cc(Cl)ccc42)N(c2ccc(C)cc2)C(=O)C3(C)C)cc1. The third-order valence-electron chi connectivity index (χ3n) is 8.62. The fourth-order valence-corrected chi connectivity index (χ4v) is 6.65. The minimum Gasteiger partial charge on any atom is -0.291 e. The summed E-state index contributed by atoms with van der Waals surface area (Å²) in [5.74, 6) is -0.431. The predicted octanol–water partition coefficient (Wildman–Crippen LogP) is 5.97. The first-order valence-corrected chi connectivity index (χ1v) is 13.2. The van der Waals surface area contributed by atoms with Gasteiger partial charge >= 0.3 is 0 Å². The molecule has 3 amide bonds. The highest BCUT2D eigenvalue weighted by atomic mass is 35.5. The Labute approximate surface area is 227 Å². The van der Waals surface area contributed by atoms with E-state index >= 15 is 0 Å². The zero-order chi connectivity index (χ0) is 27.4. The van der Waals surface area contributed by atoms with Crippen LogP contribution in [-0.4, -0.2) is 23.9 Å². The summed E-state index contributed by atoms with van der Waals surface area (Å²) in [5.41, 5.74) is 1.70. The summed E-state index contributed by atoms with van der Waals surface area (Å²) in [6.45, 7) is 11.4. The molecule has 0 saturated carbocycles. The Morgan fingerprint density at radius 3 is 1.82 bits per heavy atom. The smallest absolute Gasteiger partial charge is 0.260 e. The summed E-state index contributed by atoms with van der Waals surface area (Å²) in [4.78, 5) is 47.1. The van der Waals surface area contributed by atoms with Crippen LogP contribution in [0.15, 0.2) is 66.7 Å². The van der Waals surface area contributed by atoms with Crippen molar-refractivity contribution < 1.29 is 14.4 Å². The number of aryl methyl sites for hydroxylation is 2. The quantitative estimate of drug-likeness (QED) is 0.394. The summed E-state index contributed by atoms with van der Waals surface area (Å²) in [6, 6.07) is 20.7. The van der Waals surface area contributed by atoms with E-state index in [1.165, 1.54) is 0 Å². The number of β-lactam (4-membered cyclic amide) rings is 2. The van der Waals surface area contributed by atoms with Gasteiger partial charge in [-0.1, -0.05) is 47.0 Å². The van der Waals surface area contributed by atoms with E-state index in [-0.39, 0.29) is 17.7 Å². The van der Waals surface area contributed by atoms with Crippen LogP contribution >= 0.6 is 11.6 Å². The van der Waals surface area contributed by atoms with Crippen molar-refractivity contribution >= 4 is 46.4 Å². The van der Waals surface area contributed by atoms with Gasteiger partial charge in [0.15, 0.2) is 5.54 Å². The molecule has 2 fully saturated rings. The average Bonchev–Trinajstić information content (AvgIpc) is 3.13. The Balaban J connectivity index is 1.56. The van der Waals surface area contributed by atoms with Crippen LogP contribution in [0.4, 0.5) is 17.1 Å². The van der Waals surface area contributed by atoms with Gasteiger partial charge < -0.3 is 0 Å².